The van der Waals surface area contributed by atoms with Crippen LogP contribution < -0.4 is 68.4 Å². The Morgan fingerprint density at radius 1 is 1.04 bits per heavy atom. The molecule has 2 rings (SSSR count). The van der Waals surface area contributed by atoms with E-state index in [4.69, 9.17) is 0 Å². The van der Waals surface area contributed by atoms with E-state index in [0.717, 1.165) is 30.3 Å². The van der Waals surface area contributed by atoms with E-state index < -0.39 is 39.3 Å². The largest absolute Gasteiger partial charge is 1.00 e. The van der Waals surface area contributed by atoms with Gasteiger partial charge in [-0.3, -0.25) is 0 Å². The Balaban J connectivity index is 0.00000264. The molecule has 0 N–H and O–H groups in total. The number of carboxylic acid groups (broad SMARTS) is 1. The van der Waals surface area contributed by atoms with Crippen LogP contribution in [0.25, 0.3) is 11.1 Å². The maximum Gasteiger partial charge on any atom is 1.00 e. The zero-order chi connectivity index (χ0) is 16.5. The summed E-state index contributed by atoms with van der Waals surface area (Å²) in [6.07, 6.45) is 0. The third kappa shape index (κ3) is 6.08. The van der Waals surface area contributed by atoms with Crippen molar-refractivity contribution >= 4 is 16.4 Å². The average Bonchev–Trinajstić information content (AvgIpc) is 2.37. The van der Waals surface area contributed by atoms with Crippen LogP contribution in [0.5, 0.6) is 5.75 Å². The second-order valence-electron chi connectivity index (χ2n) is 4.11. The van der Waals surface area contributed by atoms with Crippen LogP contribution in [0.2, 0.25) is 0 Å². The number of hydrogen-bond donors (Lipinski definition) is 0. The van der Waals surface area contributed by atoms with Crippen LogP contribution in [0.3, 0.4) is 0 Å². The number of carbonyl (C=O) groups is 1. The Hall–Kier alpha value is -0.520. The molecule has 0 saturated carbocycles. The molecule has 0 fully saturated rings. The summed E-state index contributed by atoms with van der Waals surface area (Å²) in [5, 5.41) is 11.0. The van der Waals surface area contributed by atoms with Crippen molar-refractivity contribution in [2.75, 3.05) is 0 Å². The topological polar surface area (TPSA) is 107 Å². The minimum Gasteiger partial charge on any atom is -0.716 e. The van der Waals surface area contributed by atoms with Gasteiger partial charge in [0.05, 0.1) is 5.97 Å². The Bertz CT molecular complexity index is 858. The molecule has 11 heteroatoms. The Morgan fingerprint density at radius 3 is 2.17 bits per heavy atom. The van der Waals surface area contributed by atoms with E-state index in [1.165, 1.54) is 0 Å². The van der Waals surface area contributed by atoms with Gasteiger partial charge in [-0.15, -0.1) is 0 Å². The second-order valence-corrected chi connectivity index (χ2v) is 5.10. The van der Waals surface area contributed by atoms with Crippen molar-refractivity contribution in [1.29, 1.82) is 0 Å². The summed E-state index contributed by atoms with van der Waals surface area (Å²) in [7, 11) is -5.19. The first kappa shape index (κ1) is 23.5. The monoisotopic (exact) mass is 374 g/mol. The van der Waals surface area contributed by atoms with Gasteiger partial charge in [-0.2, -0.15) is 0 Å². The maximum atomic E-state index is 13.7. The third-order valence-electron chi connectivity index (χ3n) is 2.63. The van der Waals surface area contributed by atoms with Gasteiger partial charge in [-0.1, -0.05) is 6.07 Å². The van der Waals surface area contributed by atoms with E-state index in [2.05, 4.69) is 4.18 Å². The summed E-state index contributed by atoms with van der Waals surface area (Å²) < 4.78 is 62.1. The molecule has 0 unspecified atom stereocenters. The standard InChI is InChI=1S/C13H8F2O6S.2Na/c14-8-2-3-9(11(15)6-8)7-1-4-12(21-22(18,19)20)10(5-7)13(16)17;;/h1-6H,(H,16,17)(H,18,19,20);;/q;2*+1/p-2. The van der Waals surface area contributed by atoms with Crippen LogP contribution in [0.4, 0.5) is 8.78 Å². The van der Waals surface area contributed by atoms with Crippen LogP contribution in [0, 0.1) is 11.6 Å². The van der Waals surface area contributed by atoms with Crippen molar-refractivity contribution in [3.63, 3.8) is 0 Å². The van der Waals surface area contributed by atoms with Crippen LogP contribution in [-0.2, 0) is 10.4 Å². The zero-order valence-electron chi connectivity index (χ0n) is 12.6. The number of benzene rings is 2. The van der Waals surface area contributed by atoms with Gasteiger partial charge in [-0.25, -0.2) is 17.2 Å². The average molecular weight is 374 g/mol. The number of carboxylic acids is 1. The molecule has 24 heavy (non-hydrogen) atoms. The van der Waals surface area contributed by atoms with Gasteiger partial charge < -0.3 is 18.6 Å². The predicted molar refractivity (Wildman–Crippen MR) is 66.4 cm³/mol. The molecule has 6 nitrogen and oxygen atoms in total. The molecule has 0 bridgehead atoms. The van der Waals surface area contributed by atoms with Gasteiger partial charge in [0.25, 0.3) is 10.4 Å². The van der Waals surface area contributed by atoms with Crippen LogP contribution in [0.15, 0.2) is 36.4 Å². The van der Waals surface area contributed by atoms with Gasteiger partial charge >= 0.3 is 59.1 Å². The molecule has 0 aliphatic rings. The van der Waals surface area contributed by atoms with Crippen LogP contribution in [0.1, 0.15) is 10.4 Å². The van der Waals surface area contributed by atoms with Crippen molar-refractivity contribution in [2.24, 2.45) is 0 Å². The number of rotatable bonds is 4. The second kappa shape index (κ2) is 9.25. The summed E-state index contributed by atoms with van der Waals surface area (Å²) in [5.41, 5.74) is -0.881. The van der Waals surface area contributed by atoms with Crippen LogP contribution in [-0.4, -0.2) is 18.9 Å². The molecular weight excluding hydrogens is 368 g/mol. The Labute approximate surface area is 180 Å². The SMILES string of the molecule is O=C([O-])c1cc(-c2ccc(F)cc2F)ccc1OS(=O)(=O)[O-].[Na+].[Na+]. The van der Waals surface area contributed by atoms with E-state index >= 15 is 0 Å². The minimum absolute atomic E-state index is 0. The summed E-state index contributed by atoms with van der Waals surface area (Å²) in [4.78, 5) is 11.0. The number of hydrogen-bond acceptors (Lipinski definition) is 6. The molecule has 0 aliphatic carbocycles. The first-order valence-electron chi connectivity index (χ1n) is 5.63. The maximum absolute atomic E-state index is 13.7. The van der Waals surface area contributed by atoms with E-state index in [0.29, 0.717) is 6.07 Å². The van der Waals surface area contributed by atoms with Gasteiger partial charge in [-0.05, 0) is 29.8 Å². The van der Waals surface area contributed by atoms with E-state index in [-0.39, 0.29) is 70.2 Å². The van der Waals surface area contributed by atoms with Crippen molar-refractivity contribution in [3.8, 4) is 16.9 Å². The smallest absolute Gasteiger partial charge is 0.716 e. The van der Waals surface area contributed by atoms with Gasteiger partial charge in [0.15, 0.2) is 5.75 Å². The first-order valence-corrected chi connectivity index (χ1v) is 6.97. The van der Waals surface area contributed by atoms with E-state index in [9.17, 15) is 31.7 Å². The number of halogens is 2. The fourth-order valence-corrected chi connectivity index (χ4v) is 2.13. The van der Waals surface area contributed by atoms with Crippen molar-refractivity contribution < 1.29 is 95.0 Å². The van der Waals surface area contributed by atoms with Crippen molar-refractivity contribution in [3.05, 3.63) is 53.6 Å². The molecule has 0 atom stereocenters. The summed E-state index contributed by atoms with van der Waals surface area (Å²) in [6.45, 7) is 0. The summed E-state index contributed by atoms with van der Waals surface area (Å²) >= 11 is 0. The van der Waals surface area contributed by atoms with E-state index in [1.54, 1.807) is 0 Å². The quantitative estimate of drug-likeness (QED) is 0.301. The molecule has 0 spiro atoms. The Morgan fingerprint density at radius 2 is 1.67 bits per heavy atom. The molecule has 2 aromatic rings. The normalized spacial score (nSPS) is 10.3. The third-order valence-corrected chi connectivity index (χ3v) is 3.02. The summed E-state index contributed by atoms with van der Waals surface area (Å²) in [6, 6.07) is 5.46. The number of aromatic carboxylic acids is 1. The first-order chi connectivity index (χ1) is 10.2. The molecule has 0 saturated heterocycles. The molecular formula is C13H6F2Na2O6S. The molecule has 2 aromatic carbocycles. The predicted octanol–water partition coefficient (Wildman–Crippen LogP) is -5.16. The Kier molecular flexibility index (Phi) is 9.05. The van der Waals surface area contributed by atoms with Crippen molar-refractivity contribution in [1.82, 2.24) is 0 Å². The minimum atomic E-state index is -5.19. The zero-order valence-corrected chi connectivity index (χ0v) is 17.4. The van der Waals surface area contributed by atoms with Crippen LogP contribution >= 0.6 is 0 Å². The van der Waals surface area contributed by atoms with E-state index in [1.807, 2.05) is 0 Å². The summed E-state index contributed by atoms with van der Waals surface area (Å²) in [5.74, 6) is -4.36. The molecule has 0 heterocycles. The molecule has 116 valence electrons. The van der Waals surface area contributed by atoms with Gasteiger partial charge in [0.1, 0.15) is 11.6 Å². The van der Waals surface area contributed by atoms with Gasteiger partial charge in [0.2, 0.25) is 0 Å². The fraction of sp³-hybridized carbons (Fsp3) is 0. The van der Waals surface area contributed by atoms with Gasteiger partial charge in [0, 0.05) is 17.2 Å². The molecule has 0 aliphatic heterocycles. The van der Waals surface area contributed by atoms with Crippen molar-refractivity contribution in [2.45, 2.75) is 0 Å². The molecule has 0 radical (unpaired) electrons. The molecule has 0 aromatic heterocycles. The molecule has 0 amide bonds. The fourth-order valence-electron chi connectivity index (χ4n) is 1.76. The number of carbonyl (C=O) groups excluding carboxylic acids is 1.